The van der Waals surface area contributed by atoms with Crippen molar-refractivity contribution in [3.8, 4) is 5.75 Å². The maximum absolute atomic E-state index is 12.5. The van der Waals surface area contributed by atoms with Crippen LogP contribution in [-0.2, 0) is 20.8 Å². The van der Waals surface area contributed by atoms with Gasteiger partial charge in [0, 0.05) is 32.8 Å². The van der Waals surface area contributed by atoms with Crippen molar-refractivity contribution in [3.05, 3.63) is 29.8 Å². The van der Waals surface area contributed by atoms with Gasteiger partial charge in [0.2, 0.25) is 5.91 Å². The van der Waals surface area contributed by atoms with E-state index in [0.717, 1.165) is 50.6 Å². The van der Waals surface area contributed by atoms with Crippen molar-refractivity contribution in [1.29, 1.82) is 0 Å². The van der Waals surface area contributed by atoms with Gasteiger partial charge in [-0.2, -0.15) is 0 Å². The second kappa shape index (κ2) is 7.32. The Morgan fingerprint density at radius 3 is 2.80 bits per heavy atom. The summed E-state index contributed by atoms with van der Waals surface area (Å²) in [6.07, 6.45) is 1.26. The summed E-state index contributed by atoms with van der Waals surface area (Å²) in [7, 11) is 1.66. The number of fused-ring (bicyclic) bond motifs is 1. The molecule has 1 aromatic carbocycles. The number of amides is 1. The van der Waals surface area contributed by atoms with Crippen molar-refractivity contribution >= 4 is 5.91 Å². The van der Waals surface area contributed by atoms with E-state index in [2.05, 4.69) is 4.90 Å². The highest BCUT2D eigenvalue weighted by molar-refractivity contribution is 5.78. The lowest BCUT2D eigenvalue weighted by atomic mass is 10.1. The van der Waals surface area contributed by atoms with Gasteiger partial charge in [-0.15, -0.1) is 0 Å². The Morgan fingerprint density at radius 1 is 1.24 bits per heavy atom. The molecular weight excluding hydrogens is 320 g/mol. The Hall–Kier alpha value is -1.63. The Bertz CT molecular complexity index is 600. The van der Waals surface area contributed by atoms with Crippen LogP contribution in [0.4, 0.5) is 0 Å². The quantitative estimate of drug-likeness (QED) is 0.800. The highest BCUT2D eigenvalue weighted by Gasteiger charge is 2.43. The average Bonchev–Trinajstić information content (AvgIpc) is 3.28. The number of methoxy groups -OCH3 is 1. The highest BCUT2D eigenvalue weighted by Crippen LogP contribution is 2.27. The molecule has 6 heteroatoms. The smallest absolute Gasteiger partial charge is 0.249 e. The fraction of sp³-hybridized carbons (Fsp3) is 0.632. The molecule has 136 valence electrons. The molecule has 3 aliphatic heterocycles. The molecule has 3 aliphatic rings. The number of hydrogen-bond acceptors (Lipinski definition) is 5. The summed E-state index contributed by atoms with van der Waals surface area (Å²) >= 11 is 0. The predicted molar refractivity (Wildman–Crippen MR) is 92.4 cm³/mol. The molecule has 0 radical (unpaired) electrons. The van der Waals surface area contributed by atoms with Crippen LogP contribution in [0.1, 0.15) is 12.0 Å². The summed E-state index contributed by atoms with van der Waals surface area (Å²) in [5.74, 6) is 1.54. The first kappa shape index (κ1) is 16.8. The van der Waals surface area contributed by atoms with Gasteiger partial charge in [0.25, 0.3) is 0 Å². The Balaban J connectivity index is 1.42. The Labute approximate surface area is 148 Å². The lowest BCUT2D eigenvalue weighted by Gasteiger charge is -2.36. The topological polar surface area (TPSA) is 51.2 Å². The maximum Gasteiger partial charge on any atom is 0.249 e. The minimum atomic E-state index is 0.0862. The second-order valence-corrected chi connectivity index (χ2v) is 7.23. The monoisotopic (exact) mass is 346 g/mol. The third-order valence-corrected chi connectivity index (χ3v) is 5.51. The molecule has 3 atom stereocenters. The molecule has 0 unspecified atom stereocenters. The van der Waals surface area contributed by atoms with E-state index < -0.39 is 0 Å². The standard InChI is InChI=1S/C19H26N2O4/c1-23-16-4-2-14(3-5-16)9-21-17-10-20(8-15-6-7-24-12-15)11-18(17)25-13-19(21)22/h2-5,15,17-18H,6-13H2,1H3/t15-,17-,18-/m1/s1. The molecule has 0 bridgehead atoms. The minimum Gasteiger partial charge on any atom is -0.497 e. The number of carbonyl (C=O) groups excluding carboxylic acids is 1. The van der Waals surface area contributed by atoms with Gasteiger partial charge >= 0.3 is 0 Å². The molecule has 0 aromatic heterocycles. The molecule has 6 nitrogen and oxygen atoms in total. The molecule has 0 aliphatic carbocycles. The lowest BCUT2D eigenvalue weighted by Crippen LogP contribution is -2.53. The summed E-state index contributed by atoms with van der Waals surface area (Å²) in [5.41, 5.74) is 1.12. The molecule has 3 fully saturated rings. The van der Waals surface area contributed by atoms with E-state index in [4.69, 9.17) is 14.2 Å². The van der Waals surface area contributed by atoms with Crippen molar-refractivity contribution in [1.82, 2.24) is 9.80 Å². The molecule has 4 rings (SSSR count). The van der Waals surface area contributed by atoms with Crippen LogP contribution in [0.2, 0.25) is 0 Å². The van der Waals surface area contributed by atoms with Crippen molar-refractivity contribution in [2.75, 3.05) is 46.6 Å². The number of carbonyl (C=O) groups is 1. The van der Waals surface area contributed by atoms with Crippen LogP contribution >= 0.6 is 0 Å². The van der Waals surface area contributed by atoms with Crippen LogP contribution in [0.15, 0.2) is 24.3 Å². The van der Waals surface area contributed by atoms with Gasteiger partial charge in [-0.3, -0.25) is 9.69 Å². The van der Waals surface area contributed by atoms with E-state index in [-0.39, 0.29) is 24.7 Å². The fourth-order valence-corrected chi connectivity index (χ4v) is 4.12. The Morgan fingerprint density at radius 2 is 2.08 bits per heavy atom. The number of ether oxygens (including phenoxy) is 3. The summed E-state index contributed by atoms with van der Waals surface area (Å²) in [4.78, 5) is 16.9. The molecule has 0 N–H and O–H groups in total. The van der Waals surface area contributed by atoms with Crippen LogP contribution in [0, 0.1) is 5.92 Å². The fourth-order valence-electron chi connectivity index (χ4n) is 4.12. The van der Waals surface area contributed by atoms with E-state index in [1.165, 1.54) is 0 Å². The number of benzene rings is 1. The zero-order valence-electron chi connectivity index (χ0n) is 14.7. The molecule has 25 heavy (non-hydrogen) atoms. The SMILES string of the molecule is COc1ccc(CN2C(=O)CO[C@@H]3CN(C[C@H]4CCOC4)C[C@H]32)cc1. The summed E-state index contributed by atoms with van der Waals surface area (Å²) < 4.78 is 16.5. The summed E-state index contributed by atoms with van der Waals surface area (Å²) in [6.45, 7) is 5.41. The summed E-state index contributed by atoms with van der Waals surface area (Å²) in [6, 6.07) is 8.08. The number of nitrogens with zero attached hydrogens (tertiary/aromatic N) is 2. The molecule has 1 aromatic rings. The van der Waals surface area contributed by atoms with Crippen molar-refractivity contribution in [3.63, 3.8) is 0 Å². The third-order valence-electron chi connectivity index (χ3n) is 5.51. The van der Waals surface area contributed by atoms with Gasteiger partial charge in [-0.25, -0.2) is 0 Å². The van der Waals surface area contributed by atoms with Crippen LogP contribution in [0.5, 0.6) is 5.75 Å². The highest BCUT2D eigenvalue weighted by atomic mass is 16.5. The lowest BCUT2D eigenvalue weighted by molar-refractivity contribution is -0.153. The second-order valence-electron chi connectivity index (χ2n) is 7.23. The molecule has 3 saturated heterocycles. The number of morpholine rings is 1. The predicted octanol–water partition coefficient (Wildman–Crippen LogP) is 1.14. The zero-order valence-corrected chi connectivity index (χ0v) is 14.7. The summed E-state index contributed by atoms with van der Waals surface area (Å²) in [5, 5.41) is 0. The maximum atomic E-state index is 12.5. The van der Waals surface area contributed by atoms with Crippen molar-refractivity contribution in [2.24, 2.45) is 5.92 Å². The molecule has 1 amide bonds. The number of rotatable bonds is 5. The molecule has 3 heterocycles. The first-order valence-electron chi connectivity index (χ1n) is 9.07. The molecular formula is C19H26N2O4. The molecule has 0 saturated carbocycles. The third kappa shape index (κ3) is 3.66. The van der Waals surface area contributed by atoms with Gasteiger partial charge in [0.05, 0.1) is 25.9 Å². The van der Waals surface area contributed by atoms with Gasteiger partial charge in [0.1, 0.15) is 12.4 Å². The zero-order chi connectivity index (χ0) is 17.2. The van der Waals surface area contributed by atoms with Crippen LogP contribution in [0.25, 0.3) is 0 Å². The normalized spacial score (nSPS) is 29.9. The van der Waals surface area contributed by atoms with Crippen LogP contribution in [0.3, 0.4) is 0 Å². The largest absolute Gasteiger partial charge is 0.497 e. The van der Waals surface area contributed by atoms with E-state index >= 15 is 0 Å². The first-order valence-corrected chi connectivity index (χ1v) is 9.07. The van der Waals surface area contributed by atoms with Crippen molar-refractivity contribution in [2.45, 2.75) is 25.1 Å². The number of likely N-dealkylation sites (tertiary alicyclic amines) is 1. The van der Waals surface area contributed by atoms with E-state index in [0.29, 0.717) is 12.5 Å². The van der Waals surface area contributed by atoms with E-state index in [1.54, 1.807) is 7.11 Å². The van der Waals surface area contributed by atoms with Gasteiger partial charge in [-0.05, 0) is 30.0 Å². The van der Waals surface area contributed by atoms with E-state index in [9.17, 15) is 4.79 Å². The number of hydrogen-bond donors (Lipinski definition) is 0. The molecule has 0 spiro atoms. The van der Waals surface area contributed by atoms with Gasteiger partial charge < -0.3 is 19.1 Å². The van der Waals surface area contributed by atoms with Gasteiger partial charge in [-0.1, -0.05) is 12.1 Å². The van der Waals surface area contributed by atoms with E-state index in [1.807, 2.05) is 29.2 Å². The van der Waals surface area contributed by atoms with Gasteiger partial charge in [0.15, 0.2) is 0 Å². The van der Waals surface area contributed by atoms with Crippen LogP contribution < -0.4 is 4.74 Å². The average molecular weight is 346 g/mol. The Kier molecular flexibility index (Phi) is 4.92. The van der Waals surface area contributed by atoms with Crippen molar-refractivity contribution < 1.29 is 19.0 Å². The first-order chi connectivity index (χ1) is 12.2. The van der Waals surface area contributed by atoms with Crippen LogP contribution in [-0.4, -0.2) is 74.4 Å². The minimum absolute atomic E-state index is 0.0862.